The summed E-state index contributed by atoms with van der Waals surface area (Å²) in [6.45, 7) is 4.17. The molecule has 0 fully saturated rings. The summed E-state index contributed by atoms with van der Waals surface area (Å²) in [5.41, 5.74) is 0.792. The highest BCUT2D eigenvalue weighted by molar-refractivity contribution is 7.99. The number of benzene rings is 1. The van der Waals surface area contributed by atoms with Crippen molar-refractivity contribution in [2.45, 2.75) is 31.6 Å². The quantitative estimate of drug-likeness (QED) is 0.876. The molecule has 0 aliphatic carbocycles. The first kappa shape index (κ1) is 13.8. The molecule has 4 heteroatoms. The zero-order valence-electron chi connectivity index (χ0n) is 9.41. The standard InChI is InChI=1S/C12H16ClFOS/c1-8(2)16-7-11(15)5-9-3-4-10(14)6-12(9)13/h3-4,6,8,11,15H,5,7H2,1-2H3. The van der Waals surface area contributed by atoms with Crippen LogP contribution in [0, 0.1) is 5.82 Å². The molecule has 1 rings (SSSR count). The lowest BCUT2D eigenvalue weighted by molar-refractivity contribution is 0.200. The van der Waals surface area contributed by atoms with Crippen LogP contribution in [0.3, 0.4) is 0 Å². The number of aliphatic hydroxyl groups excluding tert-OH is 1. The predicted molar refractivity (Wildman–Crippen MR) is 68.7 cm³/mol. The highest BCUT2D eigenvalue weighted by Gasteiger charge is 2.10. The highest BCUT2D eigenvalue weighted by Crippen LogP contribution is 2.20. The van der Waals surface area contributed by atoms with E-state index in [1.165, 1.54) is 12.1 Å². The third-order valence-electron chi connectivity index (χ3n) is 2.09. The Morgan fingerprint density at radius 2 is 2.12 bits per heavy atom. The summed E-state index contributed by atoms with van der Waals surface area (Å²) >= 11 is 7.58. The summed E-state index contributed by atoms with van der Waals surface area (Å²) < 4.78 is 12.8. The van der Waals surface area contributed by atoms with E-state index in [0.29, 0.717) is 22.4 Å². The molecule has 16 heavy (non-hydrogen) atoms. The van der Waals surface area contributed by atoms with Crippen molar-refractivity contribution in [2.24, 2.45) is 0 Å². The van der Waals surface area contributed by atoms with Gasteiger partial charge in [-0.3, -0.25) is 0 Å². The fourth-order valence-corrected chi connectivity index (χ4v) is 2.27. The van der Waals surface area contributed by atoms with E-state index in [1.807, 2.05) is 0 Å². The Morgan fingerprint density at radius 1 is 1.44 bits per heavy atom. The monoisotopic (exact) mass is 262 g/mol. The maximum Gasteiger partial charge on any atom is 0.124 e. The van der Waals surface area contributed by atoms with Crippen LogP contribution in [0.4, 0.5) is 4.39 Å². The van der Waals surface area contributed by atoms with E-state index in [4.69, 9.17) is 11.6 Å². The van der Waals surface area contributed by atoms with Gasteiger partial charge in [-0.15, -0.1) is 0 Å². The minimum Gasteiger partial charge on any atom is -0.392 e. The van der Waals surface area contributed by atoms with Gasteiger partial charge in [0.2, 0.25) is 0 Å². The fraction of sp³-hybridized carbons (Fsp3) is 0.500. The topological polar surface area (TPSA) is 20.2 Å². The average molecular weight is 263 g/mol. The third kappa shape index (κ3) is 4.73. The molecule has 0 amide bonds. The van der Waals surface area contributed by atoms with Crippen molar-refractivity contribution in [1.29, 1.82) is 0 Å². The van der Waals surface area contributed by atoms with Crippen LogP contribution in [0.2, 0.25) is 5.02 Å². The molecular weight excluding hydrogens is 247 g/mol. The first-order valence-corrected chi connectivity index (χ1v) is 6.65. The third-order valence-corrected chi connectivity index (χ3v) is 3.69. The van der Waals surface area contributed by atoms with Crippen LogP contribution >= 0.6 is 23.4 Å². The Kier molecular flexibility index (Phi) is 5.59. The summed E-state index contributed by atoms with van der Waals surface area (Å²) in [4.78, 5) is 0. The zero-order chi connectivity index (χ0) is 12.1. The second-order valence-electron chi connectivity index (χ2n) is 3.98. The highest BCUT2D eigenvalue weighted by atomic mass is 35.5. The van der Waals surface area contributed by atoms with Gasteiger partial charge in [0.25, 0.3) is 0 Å². The van der Waals surface area contributed by atoms with Crippen molar-refractivity contribution in [3.63, 3.8) is 0 Å². The molecule has 0 aliphatic rings. The first-order valence-electron chi connectivity index (χ1n) is 5.22. The minimum atomic E-state index is -0.435. The number of halogens is 2. The van der Waals surface area contributed by atoms with Crippen molar-refractivity contribution < 1.29 is 9.50 Å². The number of aliphatic hydroxyl groups is 1. The summed E-state index contributed by atoms with van der Waals surface area (Å²) in [6, 6.07) is 4.27. The molecule has 1 unspecified atom stereocenters. The molecule has 0 radical (unpaired) electrons. The van der Waals surface area contributed by atoms with Crippen molar-refractivity contribution in [3.05, 3.63) is 34.6 Å². The molecule has 1 atom stereocenters. The first-order chi connectivity index (χ1) is 7.49. The molecule has 0 saturated carbocycles. The Hall–Kier alpha value is -0.250. The summed E-state index contributed by atoms with van der Waals surface area (Å²) in [6.07, 6.45) is 0.0362. The van der Waals surface area contributed by atoms with Gasteiger partial charge in [0.05, 0.1) is 6.10 Å². The smallest absolute Gasteiger partial charge is 0.124 e. The van der Waals surface area contributed by atoms with Gasteiger partial charge in [-0.2, -0.15) is 11.8 Å². The molecule has 1 nitrogen and oxygen atoms in total. The van der Waals surface area contributed by atoms with Gasteiger partial charge < -0.3 is 5.11 Å². The van der Waals surface area contributed by atoms with E-state index >= 15 is 0 Å². The van der Waals surface area contributed by atoms with E-state index in [0.717, 1.165) is 5.56 Å². The molecule has 0 aromatic heterocycles. The van der Waals surface area contributed by atoms with Crippen LogP contribution in [0.15, 0.2) is 18.2 Å². The van der Waals surface area contributed by atoms with E-state index < -0.39 is 6.10 Å². The largest absolute Gasteiger partial charge is 0.392 e. The Bertz CT molecular complexity index is 344. The van der Waals surface area contributed by atoms with Crippen LogP contribution < -0.4 is 0 Å². The van der Waals surface area contributed by atoms with E-state index in [1.54, 1.807) is 17.8 Å². The van der Waals surface area contributed by atoms with Gasteiger partial charge in [-0.05, 0) is 22.9 Å². The van der Waals surface area contributed by atoms with Crippen molar-refractivity contribution in [1.82, 2.24) is 0 Å². The normalized spacial score (nSPS) is 13.1. The van der Waals surface area contributed by atoms with Gasteiger partial charge in [-0.25, -0.2) is 4.39 Å². The maximum atomic E-state index is 12.8. The van der Waals surface area contributed by atoms with E-state index in [2.05, 4.69) is 13.8 Å². The molecule has 1 aromatic carbocycles. The lowest BCUT2D eigenvalue weighted by Gasteiger charge is -2.12. The SMILES string of the molecule is CC(C)SCC(O)Cc1ccc(F)cc1Cl. The Labute approximate surface area is 105 Å². The number of thioether (sulfide) groups is 1. The van der Waals surface area contributed by atoms with Crippen molar-refractivity contribution >= 4 is 23.4 Å². The fourth-order valence-electron chi connectivity index (χ4n) is 1.30. The second-order valence-corrected chi connectivity index (χ2v) is 5.99. The molecule has 0 aliphatic heterocycles. The van der Waals surface area contributed by atoms with Gasteiger partial charge in [0, 0.05) is 17.2 Å². The molecule has 1 aromatic rings. The Morgan fingerprint density at radius 3 is 2.69 bits per heavy atom. The van der Waals surface area contributed by atoms with E-state index in [-0.39, 0.29) is 5.82 Å². The van der Waals surface area contributed by atoms with Crippen LogP contribution in [0.5, 0.6) is 0 Å². The van der Waals surface area contributed by atoms with Crippen molar-refractivity contribution in [2.75, 3.05) is 5.75 Å². The van der Waals surface area contributed by atoms with Gasteiger partial charge in [0.15, 0.2) is 0 Å². The average Bonchev–Trinajstić information content (AvgIpc) is 2.19. The van der Waals surface area contributed by atoms with Crippen LogP contribution in [0.1, 0.15) is 19.4 Å². The Balaban J connectivity index is 2.52. The van der Waals surface area contributed by atoms with Gasteiger partial charge in [0.1, 0.15) is 5.82 Å². The molecule has 90 valence electrons. The minimum absolute atomic E-state index is 0.347. The molecule has 0 bridgehead atoms. The van der Waals surface area contributed by atoms with Crippen molar-refractivity contribution in [3.8, 4) is 0 Å². The van der Waals surface area contributed by atoms with Crippen LogP contribution in [-0.2, 0) is 6.42 Å². The second kappa shape index (κ2) is 6.48. The zero-order valence-corrected chi connectivity index (χ0v) is 11.0. The molecular formula is C12H16ClFOS. The van der Waals surface area contributed by atoms with Crippen LogP contribution in [0.25, 0.3) is 0 Å². The summed E-state index contributed by atoms with van der Waals surface area (Å²) in [7, 11) is 0. The predicted octanol–water partition coefficient (Wildman–Crippen LogP) is 3.52. The van der Waals surface area contributed by atoms with Crippen LogP contribution in [-0.4, -0.2) is 22.2 Å². The number of hydrogen-bond acceptors (Lipinski definition) is 2. The summed E-state index contributed by atoms with van der Waals surface area (Å²) in [5, 5.41) is 10.7. The summed E-state index contributed by atoms with van der Waals surface area (Å²) in [5.74, 6) is 0.325. The number of hydrogen-bond donors (Lipinski definition) is 1. The lowest BCUT2D eigenvalue weighted by Crippen LogP contribution is -2.15. The van der Waals surface area contributed by atoms with E-state index in [9.17, 15) is 9.50 Å². The van der Waals surface area contributed by atoms with Gasteiger partial charge in [-0.1, -0.05) is 31.5 Å². The molecule has 0 saturated heterocycles. The molecule has 1 N–H and O–H groups in total. The lowest BCUT2D eigenvalue weighted by atomic mass is 10.1. The molecule has 0 heterocycles. The number of rotatable bonds is 5. The molecule has 0 spiro atoms. The maximum absolute atomic E-state index is 12.8. The van der Waals surface area contributed by atoms with Gasteiger partial charge >= 0.3 is 0 Å².